The van der Waals surface area contributed by atoms with E-state index in [0.29, 0.717) is 0 Å². The van der Waals surface area contributed by atoms with Gasteiger partial charge in [-0.1, -0.05) is 18.2 Å². The molecule has 0 fully saturated rings. The molecular weight excluding hydrogens is 323 g/mol. The number of hydrogen-bond acceptors (Lipinski definition) is 1. The Morgan fingerprint density at radius 3 is 2.29 bits per heavy atom. The van der Waals surface area contributed by atoms with Gasteiger partial charge in [0.2, 0.25) is 3.57 Å². The summed E-state index contributed by atoms with van der Waals surface area (Å²) in [6, 6.07) is 18.2. The number of rotatable bonds is 2. The Morgan fingerprint density at radius 1 is 0.941 bits per heavy atom. The van der Waals surface area contributed by atoms with Gasteiger partial charge in [-0.05, 0) is 42.3 Å². The minimum absolute atomic E-state index is 0.234. The van der Waals surface area contributed by atoms with Crippen molar-refractivity contribution in [1.29, 1.82) is 0 Å². The first-order valence-corrected chi connectivity index (χ1v) is 7.38. The third-order valence-corrected chi connectivity index (χ3v) is 4.05. The Morgan fingerprint density at radius 2 is 1.65 bits per heavy atom. The maximum atomic E-state index is 5.12. The van der Waals surface area contributed by atoms with E-state index in [4.69, 9.17) is 4.74 Å². The fourth-order valence-corrected chi connectivity index (χ4v) is 2.76. The van der Waals surface area contributed by atoms with Crippen LogP contribution in [0.3, 0.4) is 0 Å². The molecule has 0 aliphatic heterocycles. The monoisotopic (exact) mass is 335 g/mol. The normalized spacial score (nSPS) is 9.24. The summed E-state index contributed by atoms with van der Waals surface area (Å²) in [5, 5.41) is 0. The third-order valence-electron chi connectivity index (χ3n) is 2.17. The Bertz CT molecular complexity index is 520. The molecule has 0 spiro atoms. The lowest BCUT2D eigenvalue weighted by atomic mass is 10.2. The van der Waals surface area contributed by atoms with E-state index >= 15 is 0 Å². The SMILES string of the molecule is COc1ccc([I+]C#Cc2ccccc2)cc1. The zero-order chi connectivity index (χ0) is 11.9. The average molecular weight is 335 g/mol. The van der Waals surface area contributed by atoms with Crippen molar-refractivity contribution in [2.75, 3.05) is 7.11 Å². The van der Waals surface area contributed by atoms with Crippen LogP contribution in [0.2, 0.25) is 0 Å². The fourth-order valence-electron chi connectivity index (χ4n) is 1.29. The average Bonchev–Trinajstić information content (AvgIpc) is 2.41. The summed E-state index contributed by atoms with van der Waals surface area (Å²) in [5.41, 5.74) is 1.08. The zero-order valence-corrected chi connectivity index (χ0v) is 11.6. The maximum Gasteiger partial charge on any atom is 0.420 e. The van der Waals surface area contributed by atoms with Crippen molar-refractivity contribution in [2.45, 2.75) is 0 Å². The van der Waals surface area contributed by atoms with Gasteiger partial charge in [-0.2, -0.15) is 0 Å². The Labute approximate surface area is 112 Å². The molecule has 0 unspecified atom stereocenters. The highest BCUT2D eigenvalue weighted by atomic mass is 127. The molecule has 0 atom stereocenters. The molecular formula is C15H12IO+. The van der Waals surface area contributed by atoms with Crippen LogP contribution in [0.4, 0.5) is 0 Å². The van der Waals surface area contributed by atoms with E-state index in [-0.39, 0.29) is 21.2 Å². The highest BCUT2D eigenvalue weighted by molar-refractivity contribution is 5.32. The fraction of sp³-hybridized carbons (Fsp3) is 0.0667. The first-order valence-electron chi connectivity index (χ1n) is 5.22. The molecule has 0 saturated carbocycles. The quantitative estimate of drug-likeness (QED) is 0.553. The first kappa shape index (κ1) is 12.0. The Hall–Kier alpha value is -1.47. The second-order valence-electron chi connectivity index (χ2n) is 3.34. The standard InChI is InChI=1S/C15H12IO/c1-17-15-9-7-14(8-10-15)16-12-11-13-5-3-2-4-6-13/h2-10H,1H3/q+1. The van der Waals surface area contributed by atoms with Gasteiger partial charge in [-0.25, -0.2) is 0 Å². The zero-order valence-electron chi connectivity index (χ0n) is 9.48. The molecule has 0 saturated heterocycles. The van der Waals surface area contributed by atoms with Gasteiger partial charge < -0.3 is 4.74 Å². The molecule has 84 valence electrons. The van der Waals surface area contributed by atoms with Crippen LogP contribution in [0, 0.1) is 13.4 Å². The molecule has 0 aromatic heterocycles. The van der Waals surface area contributed by atoms with E-state index in [1.807, 2.05) is 42.5 Å². The van der Waals surface area contributed by atoms with Crippen LogP contribution in [0.1, 0.15) is 5.56 Å². The van der Waals surface area contributed by atoms with E-state index in [2.05, 4.69) is 22.0 Å². The number of halogens is 1. The second kappa shape index (κ2) is 6.31. The van der Waals surface area contributed by atoms with Crippen molar-refractivity contribution in [3.8, 4) is 15.6 Å². The molecule has 0 heterocycles. The summed E-state index contributed by atoms with van der Waals surface area (Å²) >= 11 is -0.234. The van der Waals surface area contributed by atoms with Gasteiger partial charge in [-0.3, -0.25) is 0 Å². The van der Waals surface area contributed by atoms with E-state index < -0.39 is 0 Å². The molecule has 2 rings (SSSR count). The lowest BCUT2D eigenvalue weighted by Crippen LogP contribution is -3.59. The summed E-state index contributed by atoms with van der Waals surface area (Å²) < 4.78 is 9.71. The lowest BCUT2D eigenvalue weighted by Gasteiger charge is -1.94. The van der Waals surface area contributed by atoms with Crippen molar-refractivity contribution in [1.82, 2.24) is 0 Å². The van der Waals surface area contributed by atoms with E-state index in [1.54, 1.807) is 7.11 Å². The van der Waals surface area contributed by atoms with Crippen molar-refractivity contribution in [3.63, 3.8) is 0 Å². The lowest BCUT2D eigenvalue weighted by molar-refractivity contribution is -0.535. The van der Waals surface area contributed by atoms with Crippen LogP contribution >= 0.6 is 0 Å². The topological polar surface area (TPSA) is 9.23 Å². The van der Waals surface area contributed by atoms with Crippen molar-refractivity contribution >= 4 is 0 Å². The summed E-state index contributed by atoms with van der Waals surface area (Å²) in [7, 11) is 1.68. The molecule has 17 heavy (non-hydrogen) atoms. The van der Waals surface area contributed by atoms with E-state index in [0.717, 1.165) is 11.3 Å². The molecule has 0 aliphatic rings. The van der Waals surface area contributed by atoms with Gasteiger partial charge in [0, 0.05) is 5.56 Å². The maximum absolute atomic E-state index is 5.12. The minimum Gasteiger partial charge on any atom is -0.497 e. The second-order valence-corrected chi connectivity index (χ2v) is 5.66. The molecule has 0 aliphatic carbocycles. The van der Waals surface area contributed by atoms with Gasteiger partial charge in [0.15, 0.2) is 3.93 Å². The van der Waals surface area contributed by atoms with Gasteiger partial charge in [0.05, 0.1) is 7.11 Å². The molecule has 0 bridgehead atoms. The van der Waals surface area contributed by atoms with Gasteiger partial charge in [0.25, 0.3) is 0 Å². The molecule has 0 N–H and O–H groups in total. The van der Waals surface area contributed by atoms with Crippen LogP contribution in [0.5, 0.6) is 5.75 Å². The van der Waals surface area contributed by atoms with Crippen molar-refractivity contribution in [2.24, 2.45) is 0 Å². The first-order chi connectivity index (χ1) is 8.38. The van der Waals surface area contributed by atoms with E-state index in [1.165, 1.54) is 3.57 Å². The predicted octanol–water partition coefficient (Wildman–Crippen LogP) is -0.0370. The molecule has 1 nitrogen and oxygen atoms in total. The Kier molecular flexibility index (Phi) is 4.45. The van der Waals surface area contributed by atoms with E-state index in [9.17, 15) is 0 Å². The summed E-state index contributed by atoms with van der Waals surface area (Å²) in [4.78, 5) is 0. The van der Waals surface area contributed by atoms with Gasteiger partial charge in [-0.15, -0.1) is 0 Å². The minimum atomic E-state index is -0.234. The molecule has 2 aromatic rings. The van der Waals surface area contributed by atoms with Crippen LogP contribution < -0.4 is 25.9 Å². The summed E-state index contributed by atoms with van der Waals surface area (Å²) in [5.74, 6) is 4.09. The summed E-state index contributed by atoms with van der Waals surface area (Å²) in [6.45, 7) is 0. The largest absolute Gasteiger partial charge is 0.497 e. The number of methoxy groups -OCH3 is 1. The van der Waals surface area contributed by atoms with Crippen molar-refractivity contribution in [3.05, 3.63) is 63.7 Å². The van der Waals surface area contributed by atoms with Gasteiger partial charge in [0.1, 0.15) is 5.75 Å². The smallest absolute Gasteiger partial charge is 0.420 e. The molecule has 0 radical (unpaired) electrons. The van der Waals surface area contributed by atoms with Crippen molar-refractivity contribution < 1.29 is 25.9 Å². The van der Waals surface area contributed by atoms with Gasteiger partial charge >= 0.3 is 21.2 Å². The number of hydrogen-bond donors (Lipinski definition) is 0. The summed E-state index contributed by atoms with van der Waals surface area (Å²) in [6.07, 6.45) is 0. The highest BCUT2D eigenvalue weighted by Gasteiger charge is 2.07. The molecule has 2 heteroatoms. The Balaban J connectivity index is 2.00. The van der Waals surface area contributed by atoms with Crippen LogP contribution in [0.25, 0.3) is 0 Å². The number of ether oxygens (including phenoxy) is 1. The predicted molar refractivity (Wildman–Crippen MR) is 65.0 cm³/mol. The third kappa shape index (κ3) is 3.79. The molecule has 2 aromatic carbocycles. The highest BCUT2D eigenvalue weighted by Crippen LogP contribution is 2.05. The van der Waals surface area contributed by atoms with Crippen LogP contribution in [-0.2, 0) is 0 Å². The molecule has 0 amide bonds. The number of benzene rings is 2. The van der Waals surface area contributed by atoms with Crippen LogP contribution in [-0.4, -0.2) is 7.11 Å². The van der Waals surface area contributed by atoms with Crippen LogP contribution in [0.15, 0.2) is 54.6 Å².